The molecule has 0 N–H and O–H groups in total. The van der Waals surface area contributed by atoms with Gasteiger partial charge in [-0.25, -0.2) is 0 Å². The van der Waals surface area contributed by atoms with Gasteiger partial charge in [0.1, 0.15) is 5.75 Å². The van der Waals surface area contributed by atoms with Crippen LogP contribution in [-0.4, -0.2) is 5.97 Å². The monoisotopic (exact) mass is 466 g/mol. The maximum atomic E-state index is 12.7. The lowest BCUT2D eigenvalue weighted by Gasteiger charge is -2.17. The van der Waals surface area contributed by atoms with E-state index in [0.717, 1.165) is 17.2 Å². The van der Waals surface area contributed by atoms with Crippen LogP contribution in [0, 0.1) is 5.92 Å². The van der Waals surface area contributed by atoms with Crippen LogP contribution in [0.2, 0.25) is 0 Å². The Morgan fingerprint density at radius 1 is 0.647 bits per heavy atom. The lowest BCUT2D eigenvalue weighted by atomic mass is 9.90. The third kappa shape index (κ3) is 12.0. The summed E-state index contributed by atoms with van der Waals surface area (Å²) in [6, 6.07) is 14.1. The number of esters is 1. The zero-order chi connectivity index (χ0) is 24.3. The van der Waals surface area contributed by atoms with Gasteiger partial charge in [0.15, 0.2) is 0 Å². The predicted molar refractivity (Wildman–Crippen MR) is 148 cm³/mol. The molecule has 0 amide bonds. The van der Waals surface area contributed by atoms with E-state index >= 15 is 0 Å². The van der Waals surface area contributed by atoms with Crippen LogP contribution in [0.15, 0.2) is 42.5 Å². The molecule has 0 heterocycles. The average molecular weight is 467 g/mol. The molecule has 2 aromatic rings. The molecule has 1 atom stereocenters. The van der Waals surface area contributed by atoms with Crippen molar-refractivity contribution in [2.75, 3.05) is 0 Å². The quantitative estimate of drug-likeness (QED) is 0.110. The van der Waals surface area contributed by atoms with Crippen molar-refractivity contribution in [2.45, 2.75) is 129 Å². The fourth-order valence-electron chi connectivity index (χ4n) is 4.99. The van der Waals surface area contributed by atoms with Gasteiger partial charge in [0, 0.05) is 11.8 Å². The molecule has 0 aliphatic heterocycles. The summed E-state index contributed by atoms with van der Waals surface area (Å²) in [6.07, 6.45) is 23.0. The second kappa shape index (κ2) is 18.5. The van der Waals surface area contributed by atoms with E-state index in [9.17, 15) is 4.79 Å². The molecular formula is C32H50O2. The van der Waals surface area contributed by atoms with E-state index in [1.165, 1.54) is 103 Å². The Morgan fingerprint density at radius 2 is 1.18 bits per heavy atom. The first-order valence-corrected chi connectivity index (χ1v) is 14.4. The van der Waals surface area contributed by atoms with Crippen LogP contribution >= 0.6 is 0 Å². The first-order chi connectivity index (χ1) is 16.7. The first-order valence-electron chi connectivity index (χ1n) is 14.4. The standard InChI is InChI=1S/C32H50O2/c1-3-5-7-9-11-12-14-16-21-28(20-15-13-10-8-6-4-2)26-27-32(33)34-31-25-19-23-29-22-17-18-24-30(29)31/h17-19,22-25,28H,3-16,20-21,26-27H2,1-2H3. The summed E-state index contributed by atoms with van der Waals surface area (Å²) in [6.45, 7) is 4.55. The molecule has 0 fully saturated rings. The van der Waals surface area contributed by atoms with Crippen molar-refractivity contribution >= 4 is 16.7 Å². The molecule has 0 radical (unpaired) electrons. The molecule has 2 heteroatoms. The number of carbonyl (C=O) groups is 1. The highest BCUT2D eigenvalue weighted by molar-refractivity contribution is 5.90. The molecule has 0 aromatic heterocycles. The predicted octanol–water partition coefficient (Wildman–Crippen LogP) is 10.4. The van der Waals surface area contributed by atoms with E-state index in [-0.39, 0.29) is 5.97 Å². The van der Waals surface area contributed by atoms with Gasteiger partial charge in [0.05, 0.1) is 0 Å². The molecule has 2 aromatic carbocycles. The Hall–Kier alpha value is -1.83. The molecule has 2 rings (SSSR count). The Labute approximate surface area is 209 Å². The Kier molecular flexibility index (Phi) is 15.5. The van der Waals surface area contributed by atoms with Gasteiger partial charge >= 0.3 is 5.97 Å². The van der Waals surface area contributed by atoms with E-state index in [4.69, 9.17) is 4.74 Å². The van der Waals surface area contributed by atoms with Gasteiger partial charge in [-0.05, 0) is 23.8 Å². The number of carbonyl (C=O) groups excluding carboxylic acids is 1. The van der Waals surface area contributed by atoms with Gasteiger partial charge in [-0.1, -0.05) is 153 Å². The summed E-state index contributed by atoms with van der Waals surface area (Å²) in [5.74, 6) is 1.27. The van der Waals surface area contributed by atoms with Gasteiger partial charge in [0.2, 0.25) is 0 Å². The van der Waals surface area contributed by atoms with Crippen molar-refractivity contribution in [3.8, 4) is 5.75 Å². The second-order valence-corrected chi connectivity index (χ2v) is 10.2. The van der Waals surface area contributed by atoms with E-state index in [2.05, 4.69) is 26.0 Å². The highest BCUT2D eigenvalue weighted by Gasteiger charge is 2.14. The molecule has 0 bridgehead atoms. The van der Waals surface area contributed by atoms with E-state index in [1.54, 1.807) is 0 Å². The Bertz CT molecular complexity index is 776. The van der Waals surface area contributed by atoms with Crippen molar-refractivity contribution in [2.24, 2.45) is 5.92 Å². The van der Waals surface area contributed by atoms with Crippen LogP contribution in [0.3, 0.4) is 0 Å². The van der Waals surface area contributed by atoms with Gasteiger partial charge in [0.25, 0.3) is 0 Å². The van der Waals surface area contributed by atoms with Crippen LogP contribution in [0.5, 0.6) is 5.75 Å². The highest BCUT2D eigenvalue weighted by Crippen LogP contribution is 2.27. The fraction of sp³-hybridized carbons (Fsp3) is 0.656. The minimum atomic E-state index is -0.0831. The Balaban J connectivity index is 1.75. The SMILES string of the molecule is CCCCCCCCCCC(CCCCCCCC)CCC(=O)Oc1cccc2ccccc12. The molecule has 0 spiro atoms. The molecule has 0 saturated carbocycles. The van der Waals surface area contributed by atoms with Crippen molar-refractivity contribution in [1.82, 2.24) is 0 Å². The van der Waals surface area contributed by atoms with Gasteiger partial charge < -0.3 is 4.74 Å². The third-order valence-electron chi connectivity index (χ3n) is 7.16. The second-order valence-electron chi connectivity index (χ2n) is 10.2. The largest absolute Gasteiger partial charge is 0.426 e. The van der Waals surface area contributed by atoms with E-state index in [1.807, 2.05) is 30.3 Å². The topological polar surface area (TPSA) is 26.3 Å². The zero-order valence-electron chi connectivity index (χ0n) is 22.2. The van der Waals surface area contributed by atoms with Gasteiger partial charge in [-0.15, -0.1) is 0 Å². The molecule has 0 aliphatic rings. The minimum absolute atomic E-state index is 0.0831. The van der Waals surface area contributed by atoms with Crippen LogP contribution < -0.4 is 4.74 Å². The number of unbranched alkanes of at least 4 members (excludes halogenated alkanes) is 12. The Morgan fingerprint density at radius 3 is 1.79 bits per heavy atom. The molecule has 0 aliphatic carbocycles. The van der Waals surface area contributed by atoms with E-state index < -0.39 is 0 Å². The van der Waals surface area contributed by atoms with Crippen molar-refractivity contribution < 1.29 is 9.53 Å². The van der Waals surface area contributed by atoms with Crippen molar-refractivity contribution in [3.63, 3.8) is 0 Å². The lowest BCUT2D eigenvalue weighted by Crippen LogP contribution is -2.11. The molecule has 1 unspecified atom stereocenters. The normalized spacial score (nSPS) is 12.2. The lowest BCUT2D eigenvalue weighted by molar-refractivity contribution is -0.134. The molecule has 190 valence electrons. The smallest absolute Gasteiger partial charge is 0.311 e. The summed E-state index contributed by atoms with van der Waals surface area (Å²) in [5, 5.41) is 2.13. The van der Waals surface area contributed by atoms with Crippen LogP contribution in [0.4, 0.5) is 0 Å². The maximum absolute atomic E-state index is 12.7. The highest BCUT2D eigenvalue weighted by atomic mass is 16.5. The first kappa shape index (κ1) is 28.4. The van der Waals surface area contributed by atoms with E-state index in [0.29, 0.717) is 18.1 Å². The number of ether oxygens (including phenoxy) is 1. The molecule has 2 nitrogen and oxygen atoms in total. The van der Waals surface area contributed by atoms with Crippen LogP contribution in [0.25, 0.3) is 10.8 Å². The van der Waals surface area contributed by atoms with Crippen molar-refractivity contribution in [1.29, 1.82) is 0 Å². The molecule has 0 saturated heterocycles. The fourth-order valence-corrected chi connectivity index (χ4v) is 4.99. The van der Waals surface area contributed by atoms with Crippen LogP contribution in [0.1, 0.15) is 129 Å². The number of hydrogen-bond donors (Lipinski definition) is 0. The van der Waals surface area contributed by atoms with Crippen molar-refractivity contribution in [3.05, 3.63) is 42.5 Å². The molecular weight excluding hydrogens is 416 g/mol. The minimum Gasteiger partial charge on any atom is -0.426 e. The summed E-state index contributed by atoms with van der Waals surface area (Å²) in [5.41, 5.74) is 0. The number of fused-ring (bicyclic) bond motifs is 1. The number of hydrogen-bond acceptors (Lipinski definition) is 2. The zero-order valence-corrected chi connectivity index (χ0v) is 22.2. The maximum Gasteiger partial charge on any atom is 0.311 e. The summed E-state index contributed by atoms with van der Waals surface area (Å²) in [4.78, 5) is 12.7. The van der Waals surface area contributed by atoms with Crippen LogP contribution in [-0.2, 0) is 4.79 Å². The van der Waals surface area contributed by atoms with Gasteiger partial charge in [-0.2, -0.15) is 0 Å². The molecule has 34 heavy (non-hydrogen) atoms. The van der Waals surface area contributed by atoms with Gasteiger partial charge in [-0.3, -0.25) is 4.79 Å². The summed E-state index contributed by atoms with van der Waals surface area (Å²) >= 11 is 0. The number of rotatable bonds is 20. The third-order valence-corrected chi connectivity index (χ3v) is 7.16. The summed E-state index contributed by atoms with van der Waals surface area (Å²) in [7, 11) is 0. The average Bonchev–Trinajstić information content (AvgIpc) is 2.86. The summed E-state index contributed by atoms with van der Waals surface area (Å²) < 4.78 is 5.80. The number of benzene rings is 2.